The monoisotopic (exact) mass is 521 g/mol. The first kappa shape index (κ1) is 27.9. The molecule has 3 aromatic rings. The predicted molar refractivity (Wildman–Crippen MR) is 147 cm³/mol. The molecule has 0 bridgehead atoms. The Labute approximate surface area is 220 Å². The van der Waals surface area contributed by atoms with E-state index in [1.165, 1.54) is 11.9 Å². The van der Waals surface area contributed by atoms with Crippen LogP contribution in [0.5, 0.6) is 0 Å². The first-order chi connectivity index (χ1) is 17.4. The summed E-state index contributed by atoms with van der Waals surface area (Å²) in [5, 5.41) is 2.60. The third-order valence-corrected chi connectivity index (χ3v) is 8.14. The lowest BCUT2D eigenvalue weighted by Gasteiger charge is -2.32. The van der Waals surface area contributed by atoms with Gasteiger partial charge in [-0.2, -0.15) is 0 Å². The third-order valence-electron chi connectivity index (χ3n) is 6.37. The maximum atomic E-state index is 13.9. The van der Waals surface area contributed by atoms with Crippen LogP contribution in [0, 0.1) is 27.7 Å². The number of carbonyl (C=O) groups is 2. The second-order valence-electron chi connectivity index (χ2n) is 9.42. The minimum atomic E-state index is -4.08. The summed E-state index contributed by atoms with van der Waals surface area (Å²) in [4.78, 5) is 27.9. The van der Waals surface area contributed by atoms with Crippen molar-refractivity contribution in [2.75, 3.05) is 17.9 Å². The molecule has 3 aromatic carbocycles. The molecule has 1 unspecified atom stereocenters. The van der Waals surface area contributed by atoms with Gasteiger partial charge in [-0.15, -0.1) is 0 Å². The van der Waals surface area contributed by atoms with E-state index in [1.807, 2.05) is 64.1 Å². The van der Waals surface area contributed by atoms with E-state index in [1.54, 1.807) is 37.3 Å². The number of sulfonamides is 1. The van der Waals surface area contributed by atoms with Crippen LogP contribution >= 0.6 is 0 Å². The maximum Gasteiger partial charge on any atom is 0.264 e. The predicted octanol–water partition coefficient (Wildman–Crippen LogP) is 4.28. The van der Waals surface area contributed by atoms with Crippen molar-refractivity contribution in [3.05, 3.63) is 94.5 Å². The molecule has 0 heterocycles. The zero-order valence-corrected chi connectivity index (χ0v) is 23.1. The normalized spacial score (nSPS) is 12.1. The van der Waals surface area contributed by atoms with Crippen LogP contribution < -0.4 is 9.62 Å². The summed E-state index contributed by atoms with van der Waals surface area (Å²) in [5.41, 5.74) is 4.82. The number of hydrogen-bond donors (Lipinski definition) is 1. The van der Waals surface area contributed by atoms with Crippen molar-refractivity contribution in [2.24, 2.45) is 0 Å². The largest absolute Gasteiger partial charge is 0.357 e. The summed E-state index contributed by atoms with van der Waals surface area (Å²) in [6.45, 7) is 8.88. The second kappa shape index (κ2) is 11.6. The van der Waals surface area contributed by atoms with Gasteiger partial charge < -0.3 is 10.2 Å². The van der Waals surface area contributed by atoms with Gasteiger partial charge in [-0.25, -0.2) is 8.42 Å². The zero-order chi connectivity index (χ0) is 27.3. The van der Waals surface area contributed by atoms with Gasteiger partial charge in [0.25, 0.3) is 10.0 Å². The lowest BCUT2D eigenvalue weighted by atomic mass is 10.1. The van der Waals surface area contributed by atoms with Gasteiger partial charge in [-0.05, 0) is 69.5 Å². The Bertz CT molecular complexity index is 1380. The van der Waals surface area contributed by atoms with E-state index in [2.05, 4.69) is 5.32 Å². The van der Waals surface area contributed by atoms with Crippen molar-refractivity contribution < 1.29 is 18.0 Å². The van der Waals surface area contributed by atoms with Gasteiger partial charge in [0, 0.05) is 13.6 Å². The van der Waals surface area contributed by atoms with Gasteiger partial charge in [0.15, 0.2) is 0 Å². The first-order valence-electron chi connectivity index (χ1n) is 12.2. The minimum Gasteiger partial charge on any atom is -0.357 e. The SMILES string of the molecule is CNC(=O)C(C)N(Cc1cccc(C)c1)C(=O)CN(c1cc(C)ccc1C)S(=O)(=O)c1ccc(C)cc1. The number of aryl methyl sites for hydroxylation is 4. The number of nitrogens with one attached hydrogen (secondary N) is 1. The van der Waals surface area contributed by atoms with Gasteiger partial charge in [0.1, 0.15) is 12.6 Å². The summed E-state index contributed by atoms with van der Waals surface area (Å²) in [5.74, 6) is -0.810. The first-order valence-corrected chi connectivity index (χ1v) is 13.6. The topological polar surface area (TPSA) is 86.8 Å². The molecule has 7 nitrogen and oxygen atoms in total. The van der Waals surface area contributed by atoms with Crippen molar-refractivity contribution in [3.63, 3.8) is 0 Å². The molecule has 0 aromatic heterocycles. The number of carbonyl (C=O) groups excluding carboxylic acids is 2. The van der Waals surface area contributed by atoms with Gasteiger partial charge in [-0.3, -0.25) is 13.9 Å². The third kappa shape index (κ3) is 6.57. The van der Waals surface area contributed by atoms with Gasteiger partial charge in [0.2, 0.25) is 11.8 Å². The van der Waals surface area contributed by atoms with Crippen LogP contribution in [-0.4, -0.2) is 44.8 Å². The van der Waals surface area contributed by atoms with Crippen LogP contribution in [0.4, 0.5) is 5.69 Å². The van der Waals surface area contributed by atoms with E-state index in [9.17, 15) is 18.0 Å². The molecule has 8 heteroatoms. The van der Waals surface area contributed by atoms with Gasteiger partial charge in [-0.1, -0.05) is 59.7 Å². The quantitative estimate of drug-likeness (QED) is 0.455. The number of benzene rings is 3. The molecule has 0 fully saturated rings. The summed E-state index contributed by atoms with van der Waals surface area (Å²) in [6.07, 6.45) is 0. The lowest BCUT2D eigenvalue weighted by Crippen LogP contribution is -2.50. The zero-order valence-electron chi connectivity index (χ0n) is 22.3. The highest BCUT2D eigenvalue weighted by molar-refractivity contribution is 7.92. The molecule has 0 saturated carbocycles. The van der Waals surface area contributed by atoms with Crippen molar-refractivity contribution in [1.29, 1.82) is 0 Å². The molecule has 0 saturated heterocycles. The van der Waals surface area contributed by atoms with E-state index < -0.39 is 28.5 Å². The molecular weight excluding hydrogens is 486 g/mol. The summed E-state index contributed by atoms with van der Waals surface area (Å²) < 4.78 is 29.0. The molecule has 3 rings (SSSR count). The summed E-state index contributed by atoms with van der Waals surface area (Å²) in [7, 11) is -2.57. The van der Waals surface area contributed by atoms with Crippen molar-refractivity contribution >= 4 is 27.5 Å². The van der Waals surface area contributed by atoms with Gasteiger partial charge >= 0.3 is 0 Å². The van der Waals surface area contributed by atoms with Crippen LogP contribution in [0.2, 0.25) is 0 Å². The van der Waals surface area contributed by atoms with Crippen LogP contribution in [0.25, 0.3) is 0 Å². The highest BCUT2D eigenvalue weighted by Crippen LogP contribution is 2.28. The number of rotatable bonds is 9. The molecule has 1 atom stereocenters. The number of likely N-dealkylation sites (N-methyl/N-ethyl adjacent to an activating group) is 1. The Balaban J connectivity index is 2.08. The van der Waals surface area contributed by atoms with Crippen LogP contribution in [0.15, 0.2) is 71.6 Å². The standard InChI is InChI=1S/C29H35N3O4S/c1-20-11-14-26(15-12-20)37(35,36)32(27-17-22(3)10-13-23(27)4)19-28(33)31(24(5)29(34)30-6)18-25-9-7-8-21(2)16-25/h7-17,24H,18-19H2,1-6H3,(H,30,34). The Morgan fingerprint density at radius 1 is 0.865 bits per heavy atom. The molecule has 0 radical (unpaired) electrons. The van der Waals surface area contributed by atoms with Gasteiger partial charge in [0.05, 0.1) is 10.6 Å². The number of hydrogen-bond acceptors (Lipinski definition) is 4. The van der Waals surface area contributed by atoms with Crippen LogP contribution in [0.1, 0.15) is 34.7 Å². The fourth-order valence-electron chi connectivity index (χ4n) is 4.14. The highest BCUT2D eigenvalue weighted by atomic mass is 32.2. The molecule has 196 valence electrons. The molecule has 0 aliphatic carbocycles. The highest BCUT2D eigenvalue weighted by Gasteiger charge is 2.33. The molecule has 0 spiro atoms. The molecular formula is C29H35N3O4S. The van der Waals surface area contributed by atoms with E-state index in [4.69, 9.17) is 0 Å². The number of nitrogens with zero attached hydrogens (tertiary/aromatic N) is 2. The van der Waals surface area contributed by atoms with E-state index in [-0.39, 0.29) is 17.3 Å². The Hall–Kier alpha value is -3.65. The van der Waals surface area contributed by atoms with Crippen molar-refractivity contribution in [1.82, 2.24) is 10.2 Å². The Morgan fingerprint density at radius 3 is 2.11 bits per heavy atom. The Kier molecular flexibility index (Phi) is 8.76. The fourth-order valence-corrected chi connectivity index (χ4v) is 5.61. The van der Waals surface area contributed by atoms with E-state index in [0.717, 1.165) is 32.1 Å². The molecule has 37 heavy (non-hydrogen) atoms. The maximum absolute atomic E-state index is 13.9. The van der Waals surface area contributed by atoms with E-state index >= 15 is 0 Å². The number of amides is 2. The molecule has 2 amide bonds. The minimum absolute atomic E-state index is 0.0939. The van der Waals surface area contributed by atoms with Crippen molar-refractivity contribution in [3.8, 4) is 0 Å². The van der Waals surface area contributed by atoms with E-state index in [0.29, 0.717) is 5.69 Å². The second-order valence-corrected chi connectivity index (χ2v) is 11.3. The average molecular weight is 522 g/mol. The average Bonchev–Trinajstić information content (AvgIpc) is 2.86. The summed E-state index contributed by atoms with van der Waals surface area (Å²) >= 11 is 0. The van der Waals surface area contributed by atoms with Crippen LogP contribution in [0.3, 0.4) is 0 Å². The fraction of sp³-hybridized carbons (Fsp3) is 0.310. The Morgan fingerprint density at radius 2 is 1.49 bits per heavy atom. The molecule has 0 aliphatic rings. The van der Waals surface area contributed by atoms with Crippen LogP contribution in [-0.2, 0) is 26.2 Å². The number of anilines is 1. The molecule has 1 N–H and O–H groups in total. The smallest absolute Gasteiger partial charge is 0.264 e. The van der Waals surface area contributed by atoms with Crippen molar-refractivity contribution in [2.45, 2.75) is 52.1 Å². The molecule has 0 aliphatic heterocycles. The summed E-state index contributed by atoms with van der Waals surface area (Å²) in [6, 6.07) is 18.9. The lowest BCUT2D eigenvalue weighted by molar-refractivity contribution is -0.139.